The summed E-state index contributed by atoms with van der Waals surface area (Å²) >= 11 is 0. The number of ether oxygens (including phenoxy) is 2. The van der Waals surface area contributed by atoms with Crippen LogP contribution in [-0.2, 0) is 28.2 Å². The number of unbranched alkanes of at least 4 members (excludes halogenated alkanes) is 7. The smallest absolute Gasteiger partial charge is 0.462 e. The second-order valence-electron chi connectivity index (χ2n) is 12.7. The second-order valence-corrected chi connectivity index (χ2v) is 14.0. The number of aliphatic hydroxyl groups is 1. The molecular formula is C43H69O9P. The zero-order valence-corrected chi connectivity index (χ0v) is 33.4. The van der Waals surface area contributed by atoms with Crippen molar-refractivity contribution in [3.63, 3.8) is 0 Å². The van der Waals surface area contributed by atoms with Gasteiger partial charge in [-0.2, -0.15) is 0 Å². The Morgan fingerprint density at radius 3 is 1.74 bits per heavy atom. The van der Waals surface area contributed by atoms with Gasteiger partial charge in [0.1, 0.15) is 6.61 Å². The maximum absolute atomic E-state index is 12.4. The average Bonchev–Trinajstić information content (AvgIpc) is 3.12. The lowest BCUT2D eigenvalue weighted by molar-refractivity contribution is -0.161. The Balaban J connectivity index is 4.27. The van der Waals surface area contributed by atoms with Crippen LogP contribution in [0.5, 0.6) is 0 Å². The van der Waals surface area contributed by atoms with E-state index in [1.165, 1.54) is 38.5 Å². The predicted octanol–water partition coefficient (Wildman–Crippen LogP) is 10.8. The van der Waals surface area contributed by atoms with E-state index in [2.05, 4.69) is 79.1 Å². The highest BCUT2D eigenvalue weighted by Gasteiger charge is 2.23. The Kier molecular flexibility index (Phi) is 35.1. The first-order valence-electron chi connectivity index (χ1n) is 19.6. The van der Waals surface area contributed by atoms with E-state index in [1.54, 1.807) is 12.2 Å². The first-order chi connectivity index (χ1) is 25.7. The van der Waals surface area contributed by atoms with Crippen molar-refractivity contribution in [2.24, 2.45) is 0 Å². The number of carbonyl (C=O) groups excluding carboxylic acids is 2. The molecule has 0 aromatic rings. The molecule has 0 aromatic heterocycles. The molecule has 2 atom stereocenters. The summed E-state index contributed by atoms with van der Waals surface area (Å²) in [7, 11) is -4.82. The number of hydrogen-bond donors (Lipinski definition) is 3. The maximum atomic E-state index is 12.4. The first-order valence-corrected chi connectivity index (χ1v) is 21.2. The van der Waals surface area contributed by atoms with Crippen LogP contribution in [-0.4, -0.2) is 52.3 Å². The number of rotatable bonds is 34. The van der Waals surface area contributed by atoms with E-state index in [4.69, 9.17) is 19.3 Å². The van der Waals surface area contributed by atoms with Crippen molar-refractivity contribution in [3.8, 4) is 0 Å². The van der Waals surface area contributed by atoms with Gasteiger partial charge in [-0.05, 0) is 77.0 Å². The van der Waals surface area contributed by atoms with Gasteiger partial charge in [0, 0.05) is 12.8 Å². The third kappa shape index (κ3) is 40.0. The summed E-state index contributed by atoms with van der Waals surface area (Å²) in [5.41, 5.74) is 0. The number of hydrogen-bond acceptors (Lipinski definition) is 7. The average molecular weight is 761 g/mol. The Morgan fingerprint density at radius 2 is 1.13 bits per heavy atom. The zero-order chi connectivity index (χ0) is 39.1. The molecule has 0 spiro atoms. The van der Waals surface area contributed by atoms with Gasteiger partial charge in [0.25, 0.3) is 0 Å². The minimum atomic E-state index is -4.82. The van der Waals surface area contributed by atoms with Crippen LogP contribution < -0.4 is 0 Å². The van der Waals surface area contributed by atoms with E-state index in [-0.39, 0.29) is 12.8 Å². The van der Waals surface area contributed by atoms with Gasteiger partial charge in [-0.15, -0.1) is 0 Å². The van der Waals surface area contributed by atoms with Crippen molar-refractivity contribution in [2.45, 2.75) is 148 Å². The Bertz CT molecular complexity index is 1190. The topological polar surface area (TPSA) is 140 Å². The number of phosphoric ester groups is 1. The summed E-state index contributed by atoms with van der Waals surface area (Å²) in [5, 5.41) is 10.2. The molecule has 0 saturated heterocycles. The van der Waals surface area contributed by atoms with Crippen LogP contribution in [0.2, 0.25) is 0 Å². The van der Waals surface area contributed by atoms with Gasteiger partial charge in [-0.3, -0.25) is 14.1 Å². The number of carbonyl (C=O) groups is 2. The molecule has 1 unspecified atom stereocenters. The lowest BCUT2D eigenvalue weighted by Crippen LogP contribution is -2.29. The van der Waals surface area contributed by atoms with Crippen molar-refractivity contribution in [1.29, 1.82) is 0 Å². The molecule has 3 N–H and O–H groups in total. The summed E-state index contributed by atoms with van der Waals surface area (Å²) in [6.07, 6.45) is 47.4. The monoisotopic (exact) mass is 760 g/mol. The molecule has 0 aliphatic heterocycles. The molecule has 0 aromatic carbocycles. The molecule has 0 heterocycles. The Labute approximate surface area is 320 Å². The second kappa shape index (κ2) is 37.3. The van der Waals surface area contributed by atoms with Gasteiger partial charge in [0.2, 0.25) is 0 Å². The molecule has 0 saturated carbocycles. The predicted molar refractivity (Wildman–Crippen MR) is 217 cm³/mol. The molecule has 0 radical (unpaired) electrons. The number of aliphatic hydroxyl groups excluding tert-OH is 1. The van der Waals surface area contributed by atoms with Crippen LogP contribution in [0, 0.1) is 0 Å². The molecule has 9 nitrogen and oxygen atoms in total. The van der Waals surface area contributed by atoms with Gasteiger partial charge in [-0.25, -0.2) is 4.57 Å². The number of allylic oxidation sites excluding steroid dienone is 15. The van der Waals surface area contributed by atoms with Crippen LogP contribution in [0.3, 0.4) is 0 Å². The lowest BCUT2D eigenvalue weighted by Gasteiger charge is -2.18. The minimum Gasteiger partial charge on any atom is -0.462 e. The van der Waals surface area contributed by atoms with Crippen molar-refractivity contribution in [1.82, 2.24) is 0 Å². The molecule has 0 bridgehead atoms. The molecule has 300 valence electrons. The normalized spacial score (nSPS) is 14.1. The summed E-state index contributed by atoms with van der Waals surface area (Å²) < 4.78 is 26.2. The third-order valence-corrected chi connectivity index (χ3v) is 8.18. The van der Waals surface area contributed by atoms with E-state index in [0.29, 0.717) is 25.7 Å². The number of esters is 2. The number of phosphoric acid groups is 1. The van der Waals surface area contributed by atoms with Crippen LogP contribution in [0.4, 0.5) is 0 Å². The van der Waals surface area contributed by atoms with Gasteiger partial charge in [0.05, 0.1) is 12.7 Å². The molecule has 53 heavy (non-hydrogen) atoms. The highest BCUT2D eigenvalue weighted by Crippen LogP contribution is 2.36. The van der Waals surface area contributed by atoms with Crippen molar-refractivity contribution >= 4 is 19.8 Å². The fraction of sp³-hybridized carbons (Fsp3) is 0.581. The van der Waals surface area contributed by atoms with E-state index in [0.717, 1.165) is 44.9 Å². The van der Waals surface area contributed by atoms with Gasteiger partial charge < -0.3 is 24.4 Å². The van der Waals surface area contributed by atoms with Crippen molar-refractivity contribution < 1.29 is 43.0 Å². The van der Waals surface area contributed by atoms with Gasteiger partial charge >= 0.3 is 19.8 Å². The summed E-state index contributed by atoms with van der Waals surface area (Å²) in [6.45, 7) is 3.33. The molecule has 10 heteroatoms. The Morgan fingerprint density at radius 1 is 0.604 bits per heavy atom. The molecule has 0 rings (SSSR count). The van der Waals surface area contributed by atoms with Crippen molar-refractivity contribution in [3.05, 3.63) is 97.2 Å². The van der Waals surface area contributed by atoms with Crippen LogP contribution in [0.1, 0.15) is 136 Å². The fourth-order valence-electron chi connectivity index (χ4n) is 4.77. The van der Waals surface area contributed by atoms with Crippen molar-refractivity contribution in [2.75, 3.05) is 13.2 Å². The summed E-state index contributed by atoms with van der Waals surface area (Å²) in [5.74, 6) is -1.16. The SMILES string of the molecule is CC/C=C\C/C=C\C/C=C\C/C=C\C/C=C\CCCC(=O)OC[C@H](COP(=O)(O)O)OC(=O)CCCC(O)/C=C/C=C/C/C=C/CCCCCCCC. The fourth-order valence-corrected chi connectivity index (χ4v) is 5.13. The molecular weight excluding hydrogens is 691 g/mol. The van der Waals surface area contributed by atoms with E-state index in [9.17, 15) is 19.3 Å². The third-order valence-electron chi connectivity index (χ3n) is 7.69. The largest absolute Gasteiger partial charge is 0.469 e. The summed E-state index contributed by atoms with van der Waals surface area (Å²) in [6, 6.07) is 0. The van der Waals surface area contributed by atoms with Crippen LogP contribution >= 0.6 is 7.82 Å². The summed E-state index contributed by atoms with van der Waals surface area (Å²) in [4.78, 5) is 42.8. The molecule has 0 fully saturated rings. The van der Waals surface area contributed by atoms with E-state index in [1.807, 2.05) is 24.3 Å². The Hall–Kier alpha value is -3.07. The van der Waals surface area contributed by atoms with E-state index >= 15 is 0 Å². The lowest BCUT2D eigenvalue weighted by atomic mass is 10.1. The van der Waals surface area contributed by atoms with E-state index < -0.39 is 45.2 Å². The minimum absolute atomic E-state index is 0.0300. The van der Waals surface area contributed by atoms with Crippen LogP contribution in [0.25, 0.3) is 0 Å². The highest BCUT2D eigenvalue weighted by atomic mass is 31.2. The molecule has 0 aliphatic carbocycles. The molecule has 0 aliphatic rings. The quantitative estimate of drug-likeness (QED) is 0.0192. The van der Waals surface area contributed by atoms with Gasteiger partial charge in [-0.1, -0.05) is 143 Å². The maximum Gasteiger partial charge on any atom is 0.469 e. The highest BCUT2D eigenvalue weighted by molar-refractivity contribution is 7.46. The standard InChI is InChI=1S/C43H69O9P/c1-3-5-7-9-11-13-15-17-18-19-20-22-24-26-28-30-32-36-42(45)50-38-41(39-51-53(47,48)49)52-43(46)37-33-35-40(44)34-31-29-27-25-23-21-16-14-12-10-8-6-4-2/h5,7,11,13,17-18,20-23,26-29,31,34,40-41,44H,3-4,6,8-10,12,14-16,19,24-25,30,32-33,35-39H2,1-2H3,(H2,47,48,49)/b7-5-,13-11-,18-17-,22-20-,23-21+,28-26-,29-27+,34-31+/t40?,41-/m1/s1. The van der Waals surface area contributed by atoms with Crippen LogP contribution in [0.15, 0.2) is 97.2 Å². The molecule has 0 amide bonds. The zero-order valence-electron chi connectivity index (χ0n) is 32.5. The first kappa shape index (κ1) is 49.9. The van der Waals surface area contributed by atoms with Gasteiger partial charge in [0.15, 0.2) is 6.10 Å².